The van der Waals surface area contributed by atoms with Crippen LogP contribution < -0.4 is 19.2 Å². The molecule has 0 aliphatic rings. The summed E-state index contributed by atoms with van der Waals surface area (Å²) in [6.45, 7) is -0.643. The van der Waals surface area contributed by atoms with Crippen LogP contribution in [0.1, 0.15) is 5.56 Å². The maximum absolute atomic E-state index is 13.4. The molecule has 0 atom stereocenters. The van der Waals surface area contributed by atoms with E-state index in [2.05, 4.69) is 10.5 Å². The number of anilines is 1. The van der Waals surface area contributed by atoms with Crippen LogP contribution in [0, 0.1) is 11.3 Å². The van der Waals surface area contributed by atoms with Gasteiger partial charge in [-0.25, -0.2) is 13.8 Å². The molecule has 0 unspecified atom stereocenters. The van der Waals surface area contributed by atoms with Gasteiger partial charge in [0.1, 0.15) is 24.1 Å². The summed E-state index contributed by atoms with van der Waals surface area (Å²) >= 11 is 6.12. The third-order valence-electron chi connectivity index (χ3n) is 4.61. The molecular formula is C24H21ClN4O5S. The van der Waals surface area contributed by atoms with Gasteiger partial charge in [-0.2, -0.15) is 10.4 Å². The number of nitrogens with one attached hydrogen (secondary N) is 1. The molecule has 1 amide bonds. The Morgan fingerprint density at radius 3 is 2.51 bits per heavy atom. The third kappa shape index (κ3) is 6.72. The SMILES string of the molecule is COc1ccc(Cl)cc1N(CC(=O)N/N=C/c1ccc(OCC#N)cc1)S(=O)(=O)c1ccccc1. The first-order chi connectivity index (χ1) is 16.8. The van der Waals surface area contributed by atoms with Crippen molar-refractivity contribution in [2.75, 3.05) is 24.6 Å². The first kappa shape index (κ1) is 25.6. The van der Waals surface area contributed by atoms with Gasteiger partial charge in [-0.05, 0) is 60.2 Å². The van der Waals surface area contributed by atoms with Crippen LogP contribution in [0.25, 0.3) is 0 Å². The Labute approximate surface area is 208 Å². The van der Waals surface area contributed by atoms with E-state index in [0.29, 0.717) is 11.3 Å². The first-order valence-corrected chi connectivity index (χ1v) is 12.0. The molecule has 180 valence electrons. The lowest BCUT2D eigenvalue weighted by Gasteiger charge is -2.25. The predicted molar refractivity (Wildman–Crippen MR) is 132 cm³/mol. The summed E-state index contributed by atoms with van der Waals surface area (Å²) in [6.07, 6.45) is 1.39. The molecule has 0 aromatic heterocycles. The molecule has 9 nitrogen and oxygen atoms in total. The van der Waals surface area contributed by atoms with Crippen molar-refractivity contribution in [1.82, 2.24) is 5.43 Å². The second-order valence-electron chi connectivity index (χ2n) is 6.95. The van der Waals surface area contributed by atoms with E-state index in [1.807, 2.05) is 6.07 Å². The minimum Gasteiger partial charge on any atom is -0.495 e. The lowest BCUT2D eigenvalue weighted by molar-refractivity contribution is -0.119. The summed E-state index contributed by atoms with van der Waals surface area (Å²) < 4.78 is 38.3. The second kappa shape index (κ2) is 11.9. The number of ether oxygens (including phenoxy) is 2. The molecule has 0 saturated heterocycles. The van der Waals surface area contributed by atoms with Crippen molar-refractivity contribution in [2.45, 2.75) is 4.90 Å². The van der Waals surface area contributed by atoms with Gasteiger partial charge in [-0.3, -0.25) is 9.10 Å². The van der Waals surface area contributed by atoms with Crippen LogP contribution in [-0.2, 0) is 14.8 Å². The molecule has 1 N–H and O–H groups in total. The highest BCUT2D eigenvalue weighted by atomic mass is 35.5. The Morgan fingerprint density at radius 1 is 1.14 bits per heavy atom. The largest absolute Gasteiger partial charge is 0.495 e. The van der Waals surface area contributed by atoms with Gasteiger partial charge < -0.3 is 9.47 Å². The van der Waals surface area contributed by atoms with Crippen molar-refractivity contribution in [3.05, 3.63) is 83.4 Å². The van der Waals surface area contributed by atoms with Gasteiger partial charge >= 0.3 is 0 Å². The van der Waals surface area contributed by atoms with E-state index >= 15 is 0 Å². The molecule has 35 heavy (non-hydrogen) atoms. The Bertz CT molecular complexity index is 1340. The van der Waals surface area contributed by atoms with Crippen molar-refractivity contribution >= 4 is 39.4 Å². The first-order valence-electron chi connectivity index (χ1n) is 10.2. The summed E-state index contributed by atoms with van der Waals surface area (Å²) in [5, 5.41) is 12.7. The molecular weight excluding hydrogens is 492 g/mol. The van der Waals surface area contributed by atoms with E-state index in [1.165, 1.54) is 37.6 Å². The normalized spacial score (nSPS) is 11.0. The quantitative estimate of drug-likeness (QED) is 0.327. The Kier molecular flexibility index (Phi) is 8.67. The van der Waals surface area contributed by atoms with Crippen LogP contribution in [-0.4, -0.2) is 40.8 Å². The number of nitriles is 1. The van der Waals surface area contributed by atoms with Crippen LogP contribution in [0.5, 0.6) is 11.5 Å². The molecule has 0 aliphatic heterocycles. The fraction of sp³-hybridized carbons (Fsp3) is 0.125. The number of benzene rings is 3. The van der Waals surface area contributed by atoms with Crippen molar-refractivity contribution in [3.8, 4) is 17.6 Å². The Morgan fingerprint density at radius 2 is 1.86 bits per heavy atom. The highest BCUT2D eigenvalue weighted by Gasteiger charge is 2.29. The summed E-state index contributed by atoms with van der Waals surface area (Å²) in [7, 11) is -2.75. The van der Waals surface area contributed by atoms with E-state index in [0.717, 1.165) is 4.31 Å². The molecule has 3 rings (SSSR count). The molecule has 3 aromatic rings. The molecule has 11 heteroatoms. The second-order valence-corrected chi connectivity index (χ2v) is 9.25. The van der Waals surface area contributed by atoms with Crippen molar-refractivity contribution < 1.29 is 22.7 Å². The topological polar surface area (TPSA) is 121 Å². The van der Waals surface area contributed by atoms with Gasteiger partial charge in [0.05, 0.1) is 23.9 Å². The van der Waals surface area contributed by atoms with Crippen molar-refractivity contribution in [2.24, 2.45) is 5.10 Å². The highest BCUT2D eigenvalue weighted by molar-refractivity contribution is 7.92. The van der Waals surface area contributed by atoms with Crippen LogP contribution in [0.2, 0.25) is 5.02 Å². The average Bonchev–Trinajstić information content (AvgIpc) is 2.87. The molecule has 0 spiro atoms. The van der Waals surface area contributed by atoms with Gasteiger partial charge in [0.2, 0.25) is 0 Å². The molecule has 0 bridgehead atoms. The van der Waals surface area contributed by atoms with E-state index in [1.54, 1.807) is 48.5 Å². The number of hydrazone groups is 1. The predicted octanol–water partition coefficient (Wildman–Crippen LogP) is 3.60. The van der Waals surface area contributed by atoms with Gasteiger partial charge in [-0.1, -0.05) is 29.8 Å². The number of sulfonamides is 1. The summed E-state index contributed by atoms with van der Waals surface area (Å²) in [6, 6.07) is 20.8. The van der Waals surface area contributed by atoms with Gasteiger partial charge in [-0.15, -0.1) is 0 Å². The van der Waals surface area contributed by atoms with Crippen LogP contribution in [0.3, 0.4) is 0 Å². The van der Waals surface area contributed by atoms with E-state index in [9.17, 15) is 13.2 Å². The monoisotopic (exact) mass is 512 g/mol. The molecule has 0 saturated carbocycles. The van der Waals surface area contributed by atoms with Gasteiger partial charge in [0.25, 0.3) is 15.9 Å². The van der Waals surface area contributed by atoms with Crippen LogP contribution in [0.4, 0.5) is 5.69 Å². The maximum atomic E-state index is 13.4. The zero-order valence-electron chi connectivity index (χ0n) is 18.6. The lowest BCUT2D eigenvalue weighted by Crippen LogP contribution is -2.39. The number of carbonyl (C=O) groups is 1. The number of nitrogens with zero attached hydrogens (tertiary/aromatic N) is 3. The number of halogens is 1. The van der Waals surface area contributed by atoms with E-state index in [4.69, 9.17) is 26.3 Å². The molecule has 0 fully saturated rings. The Balaban J connectivity index is 1.82. The minimum atomic E-state index is -4.14. The lowest BCUT2D eigenvalue weighted by atomic mass is 10.2. The van der Waals surface area contributed by atoms with Crippen LogP contribution in [0.15, 0.2) is 82.8 Å². The Hall–Kier alpha value is -4.07. The fourth-order valence-electron chi connectivity index (χ4n) is 2.99. The van der Waals surface area contributed by atoms with Crippen molar-refractivity contribution in [1.29, 1.82) is 5.26 Å². The van der Waals surface area contributed by atoms with Gasteiger partial charge in [0.15, 0.2) is 6.61 Å². The summed E-state index contributed by atoms with van der Waals surface area (Å²) in [5.41, 5.74) is 3.09. The zero-order chi connectivity index (χ0) is 25.3. The molecule has 3 aromatic carbocycles. The minimum absolute atomic E-state index is 0.00274. The number of hydrogen-bond donors (Lipinski definition) is 1. The number of amides is 1. The summed E-state index contributed by atoms with van der Waals surface area (Å²) in [4.78, 5) is 12.7. The maximum Gasteiger partial charge on any atom is 0.264 e. The van der Waals surface area contributed by atoms with Crippen LogP contribution >= 0.6 is 11.6 Å². The summed E-state index contributed by atoms with van der Waals surface area (Å²) in [5.74, 6) is 0.0608. The number of methoxy groups -OCH3 is 1. The zero-order valence-corrected chi connectivity index (χ0v) is 20.2. The molecule has 0 radical (unpaired) electrons. The number of carbonyl (C=O) groups excluding carboxylic acids is 1. The molecule has 0 aliphatic carbocycles. The number of rotatable bonds is 10. The van der Waals surface area contributed by atoms with Gasteiger partial charge in [0, 0.05) is 5.02 Å². The van der Waals surface area contributed by atoms with Crippen molar-refractivity contribution in [3.63, 3.8) is 0 Å². The fourth-order valence-corrected chi connectivity index (χ4v) is 4.60. The highest BCUT2D eigenvalue weighted by Crippen LogP contribution is 2.34. The molecule has 0 heterocycles. The number of hydrogen-bond acceptors (Lipinski definition) is 7. The third-order valence-corrected chi connectivity index (χ3v) is 6.62. The smallest absolute Gasteiger partial charge is 0.264 e. The van der Waals surface area contributed by atoms with E-state index < -0.39 is 22.5 Å². The average molecular weight is 513 g/mol. The standard InChI is InChI=1S/C24H21ClN4O5S/c1-33-23-12-9-19(25)15-22(23)29(35(31,32)21-5-3-2-4-6-21)17-24(30)28-27-16-18-7-10-20(11-8-18)34-14-13-26/h2-12,15-16H,14,17H2,1H3,(H,28,30)/b27-16+. The van der Waals surface area contributed by atoms with E-state index in [-0.39, 0.29) is 28.0 Å².